The van der Waals surface area contributed by atoms with Crippen molar-refractivity contribution in [3.63, 3.8) is 0 Å². The van der Waals surface area contributed by atoms with Gasteiger partial charge in [0.05, 0.1) is 11.1 Å². The van der Waals surface area contributed by atoms with Crippen molar-refractivity contribution in [1.29, 1.82) is 0 Å². The Labute approximate surface area is 109 Å². The van der Waals surface area contributed by atoms with Crippen LogP contribution in [0.2, 0.25) is 0 Å². The largest absolute Gasteiger partial charge is 0.478 e. The minimum absolute atomic E-state index is 0.0187. The summed E-state index contributed by atoms with van der Waals surface area (Å²) in [6, 6.07) is 5.56. The second-order valence-electron chi connectivity index (χ2n) is 3.26. The van der Waals surface area contributed by atoms with Crippen LogP contribution in [0.4, 0.5) is 0 Å². The normalized spacial score (nSPS) is 9.26. The van der Waals surface area contributed by atoms with Gasteiger partial charge in [-0.2, -0.15) is 4.89 Å². The molecule has 0 fully saturated rings. The lowest BCUT2D eigenvalue weighted by Gasteiger charge is -2.05. The van der Waals surface area contributed by atoms with E-state index < -0.39 is 11.9 Å². The molecule has 0 bridgehead atoms. The van der Waals surface area contributed by atoms with Gasteiger partial charge in [0, 0.05) is 0 Å². The second-order valence-corrected chi connectivity index (χ2v) is 3.26. The Bertz CT molecular complexity index is 502. The molecule has 19 heavy (non-hydrogen) atoms. The molecule has 0 radical (unpaired) electrons. The summed E-state index contributed by atoms with van der Waals surface area (Å²) in [5.74, 6) is -1.74. The number of carboxylic acid groups (broad SMARTS) is 1. The first-order valence-electron chi connectivity index (χ1n) is 5.28. The number of aromatic carboxylic acids is 1. The summed E-state index contributed by atoms with van der Waals surface area (Å²) < 4.78 is 4.86. The van der Waals surface area contributed by atoms with E-state index in [0.29, 0.717) is 0 Å². The number of rotatable bonds is 7. The van der Waals surface area contributed by atoms with Crippen LogP contribution in [-0.2, 0) is 14.5 Å². The van der Waals surface area contributed by atoms with Gasteiger partial charge in [0.15, 0.2) is 6.26 Å². The first-order valence-corrected chi connectivity index (χ1v) is 5.28. The SMILES string of the molecule is C=C=COOCCOC(=O)c1cccc(C(=O)O)c1. The highest BCUT2D eigenvalue weighted by Gasteiger charge is 2.10. The van der Waals surface area contributed by atoms with E-state index in [0.717, 1.165) is 6.26 Å². The molecule has 0 saturated carbocycles. The van der Waals surface area contributed by atoms with Crippen LogP contribution in [0.3, 0.4) is 0 Å². The summed E-state index contributed by atoms with van der Waals surface area (Å²) in [5.41, 5.74) is 2.50. The van der Waals surface area contributed by atoms with Gasteiger partial charge in [-0.05, 0) is 18.2 Å². The average Bonchev–Trinajstić information content (AvgIpc) is 2.42. The van der Waals surface area contributed by atoms with E-state index in [1.165, 1.54) is 24.3 Å². The molecule has 6 heteroatoms. The molecule has 0 aliphatic rings. The molecule has 6 nitrogen and oxygen atoms in total. The minimum Gasteiger partial charge on any atom is -0.478 e. The Morgan fingerprint density at radius 1 is 1.32 bits per heavy atom. The minimum atomic E-state index is -1.11. The molecule has 0 atom stereocenters. The Hall–Kier alpha value is -2.56. The van der Waals surface area contributed by atoms with Crippen LogP contribution in [0.1, 0.15) is 20.7 Å². The Kier molecular flexibility index (Phi) is 5.88. The van der Waals surface area contributed by atoms with Crippen LogP contribution in [0.25, 0.3) is 0 Å². The van der Waals surface area contributed by atoms with Crippen LogP contribution in [0.15, 0.2) is 42.8 Å². The van der Waals surface area contributed by atoms with Crippen molar-refractivity contribution in [1.82, 2.24) is 0 Å². The molecule has 1 aromatic carbocycles. The molecule has 0 aliphatic heterocycles. The van der Waals surface area contributed by atoms with E-state index in [-0.39, 0.29) is 24.3 Å². The lowest BCUT2D eigenvalue weighted by molar-refractivity contribution is -0.252. The van der Waals surface area contributed by atoms with Crippen LogP contribution in [0, 0.1) is 0 Å². The molecule has 0 spiro atoms. The lowest BCUT2D eigenvalue weighted by atomic mass is 10.1. The quantitative estimate of drug-likeness (QED) is 0.202. The molecular weight excluding hydrogens is 252 g/mol. The number of hydrogen-bond acceptors (Lipinski definition) is 5. The third kappa shape index (κ3) is 5.08. The van der Waals surface area contributed by atoms with Crippen molar-refractivity contribution >= 4 is 11.9 Å². The summed E-state index contributed by atoms with van der Waals surface area (Å²) in [6.07, 6.45) is 1.11. The monoisotopic (exact) mass is 264 g/mol. The maximum atomic E-state index is 11.6. The zero-order chi connectivity index (χ0) is 14.1. The van der Waals surface area contributed by atoms with Gasteiger partial charge in [0.2, 0.25) is 0 Å². The summed E-state index contributed by atoms with van der Waals surface area (Å²) in [4.78, 5) is 31.3. The number of carboxylic acids is 1. The summed E-state index contributed by atoms with van der Waals surface area (Å²) in [6.45, 7) is 3.25. The predicted molar refractivity (Wildman–Crippen MR) is 64.4 cm³/mol. The fraction of sp³-hybridized carbons (Fsp3) is 0.154. The number of carbonyl (C=O) groups excluding carboxylic acids is 1. The Morgan fingerprint density at radius 2 is 2.05 bits per heavy atom. The number of carbonyl (C=O) groups is 2. The molecule has 100 valence electrons. The second kappa shape index (κ2) is 7.71. The number of ether oxygens (including phenoxy) is 1. The van der Waals surface area contributed by atoms with Gasteiger partial charge in [-0.3, -0.25) is 0 Å². The molecule has 0 saturated heterocycles. The van der Waals surface area contributed by atoms with Crippen molar-refractivity contribution in [2.75, 3.05) is 13.2 Å². The molecule has 1 rings (SSSR count). The molecule has 1 N–H and O–H groups in total. The smallest absolute Gasteiger partial charge is 0.338 e. The number of benzene rings is 1. The maximum absolute atomic E-state index is 11.6. The van der Waals surface area contributed by atoms with Gasteiger partial charge in [0.1, 0.15) is 13.2 Å². The molecule has 1 aromatic rings. The number of hydrogen-bond donors (Lipinski definition) is 1. The lowest BCUT2D eigenvalue weighted by Crippen LogP contribution is -2.11. The standard InChI is InChI=1S/C13H12O6/c1-2-6-18-19-8-7-17-13(16)11-5-3-4-10(9-11)12(14)15/h3-6,9H,1,7-8H2,(H,14,15). The molecule has 0 unspecified atom stereocenters. The van der Waals surface area contributed by atoms with Gasteiger partial charge < -0.3 is 14.7 Å². The molecule has 0 aromatic heterocycles. The van der Waals surface area contributed by atoms with Crippen molar-refractivity contribution in [3.05, 3.63) is 54.0 Å². The van der Waals surface area contributed by atoms with Crippen LogP contribution < -0.4 is 0 Å². The van der Waals surface area contributed by atoms with Crippen molar-refractivity contribution in [2.45, 2.75) is 0 Å². The van der Waals surface area contributed by atoms with Crippen molar-refractivity contribution in [3.8, 4) is 0 Å². The maximum Gasteiger partial charge on any atom is 0.338 e. The fourth-order valence-corrected chi connectivity index (χ4v) is 1.15. The van der Waals surface area contributed by atoms with Gasteiger partial charge in [-0.25, -0.2) is 9.59 Å². The van der Waals surface area contributed by atoms with Gasteiger partial charge in [-0.1, -0.05) is 18.4 Å². The summed E-state index contributed by atoms with van der Waals surface area (Å²) >= 11 is 0. The average molecular weight is 264 g/mol. The van der Waals surface area contributed by atoms with E-state index in [9.17, 15) is 9.59 Å². The molecule has 0 amide bonds. The van der Waals surface area contributed by atoms with E-state index in [1.807, 2.05) is 0 Å². The first kappa shape index (κ1) is 14.5. The van der Waals surface area contributed by atoms with E-state index in [2.05, 4.69) is 22.1 Å². The Morgan fingerprint density at radius 3 is 2.74 bits per heavy atom. The summed E-state index contributed by atoms with van der Waals surface area (Å²) in [5, 5.41) is 8.78. The third-order valence-corrected chi connectivity index (χ3v) is 1.94. The van der Waals surface area contributed by atoms with Crippen LogP contribution in [0.5, 0.6) is 0 Å². The first-order chi connectivity index (χ1) is 9.15. The highest BCUT2D eigenvalue weighted by atomic mass is 17.2. The molecule has 0 heterocycles. The molecule has 0 aliphatic carbocycles. The van der Waals surface area contributed by atoms with Crippen LogP contribution >= 0.6 is 0 Å². The Balaban J connectivity index is 2.43. The van der Waals surface area contributed by atoms with Gasteiger partial charge >= 0.3 is 11.9 Å². The van der Waals surface area contributed by atoms with E-state index in [4.69, 9.17) is 9.84 Å². The van der Waals surface area contributed by atoms with E-state index >= 15 is 0 Å². The molecular formula is C13H12O6. The van der Waals surface area contributed by atoms with E-state index in [1.54, 1.807) is 0 Å². The third-order valence-electron chi connectivity index (χ3n) is 1.94. The summed E-state index contributed by atoms with van der Waals surface area (Å²) in [7, 11) is 0. The zero-order valence-corrected chi connectivity index (χ0v) is 10.00. The zero-order valence-electron chi connectivity index (χ0n) is 10.00. The fourth-order valence-electron chi connectivity index (χ4n) is 1.15. The topological polar surface area (TPSA) is 82.1 Å². The highest BCUT2D eigenvalue weighted by Crippen LogP contribution is 2.06. The van der Waals surface area contributed by atoms with Crippen molar-refractivity contribution in [2.24, 2.45) is 0 Å². The predicted octanol–water partition coefficient (Wildman–Crippen LogP) is 1.79. The highest BCUT2D eigenvalue weighted by molar-refractivity contribution is 5.94. The van der Waals surface area contributed by atoms with Gasteiger partial charge in [-0.15, -0.1) is 0 Å². The van der Waals surface area contributed by atoms with Crippen molar-refractivity contribution < 1.29 is 29.2 Å². The number of esters is 1. The van der Waals surface area contributed by atoms with Crippen LogP contribution in [-0.4, -0.2) is 30.3 Å². The van der Waals surface area contributed by atoms with Gasteiger partial charge in [0.25, 0.3) is 0 Å².